The van der Waals surface area contributed by atoms with Crippen molar-refractivity contribution < 1.29 is 14.0 Å². The Balaban J connectivity index is 1.60. The second kappa shape index (κ2) is 11.1. The summed E-state index contributed by atoms with van der Waals surface area (Å²) in [6.07, 6.45) is 1.94. The first-order chi connectivity index (χ1) is 19.4. The maximum atomic E-state index is 13.9. The topological polar surface area (TPSA) is 58.4 Å². The third-order valence-corrected chi connectivity index (χ3v) is 8.92. The Labute approximate surface area is 241 Å². The van der Waals surface area contributed by atoms with Gasteiger partial charge in [0.1, 0.15) is 18.2 Å². The molecule has 40 heavy (non-hydrogen) atoms. The Morgan fingerprint density at radius 2 is 1.68 bits per heavy atom. The minimum absolute atomic E-state index is 0.0693. The zero-order valence-electron chi connectivity index (χ0n) is 22.0. The lowest BCUT2D eigenvalue weighted by Crippen LogP contribution is -2.43. The molecule has 1 atom stereocenters. The van der Waals surface area contributed by atoms with Crippen molar-refractivity contribution >= 4 is 41.0 Å². The van der Waals surface area contributed by atoms with Gasteiger partial charge in [-0.1, -0.05) is 53.6 Å². The van der Waals surface area contributed by atoms with Crippen LogP contribution in [0.15, 0.2) is 72.8 Å². The molecular formula is C31H28ClFN4O2S. The largest absolute Gasteiger partial charge is 0.341 e. The molecule has 9 heteroatoms. The first kappa shape index (κ1) is 26.6. The first-order valence-electron chi connectivity index (χ1n) is 13.3. The van der Waals surface area contributed by atoms with Crippen LogP contribution >= 0.6 is 23.4 Å². The Kier molecular flexibility index (Phi) is 7.38. The Morgan fingerprint density at radius 3 is 2.35 bits per heavy atom. The van der Waals surface area contributed by atoms with Crippen LogP contribution in [0.2, 0.25) is 5.02 Å². The quantitative estimate of drug-likeness (QED) is 0.275. The number of halogens is 2. The number of hydrogen-bond donors (Lipinski definition) is 0. The minimum Gasteiger partial charge on any atom is -0.341 e. The number of carbonyl (C=O) groups excluding carboxylic acids is 2. The summed E-state index contributed by atoms with van der Waals surface area (Å²) in [4.78, 5) is 30.6. The van der Waals surface area contributed by atoms with Gasteiger partial charge >= 0.3 is 0 Å². The van der Waals surface area contributed by atoms with Gasteiger partial charge < -0.3 is 4.90 Å². The van der Waals surface area contributed by atoms with Gasteiger partial charge in [0.25, 0.3) is 0 Å². The molecule has 2 aliphatic heterocycles. The molecule has 2 amide bonds. The van der Waals surface area contributed by atoms with Crippen LogP contribution in [-0.4, -0.2) is 51.9 Å². The molecule has 6 rings (SSSR count). The van der Waals surface area contributed by atoms with E-state index >= 15 is 0 Å². The van der Waals surface area contributed by atoms with E-state index in [1.165, 1.54) is 23.9 Å². The highest BCUT2D eigenvalue weighted by Gasteiger charge is 2.38. The van der Waals surface area contributed by atoms with Crippen molar-refractivity contribution in [2.45, 2.75) is 25.0 Å². The minimum atomic E-state index is -0.329. The van der Waals surface area contributed by atoms with Gasteiger partial charge in [0.2, 0.25) is 11.8 Å². The van der Waals surface area contributed by atoms with E-state index in [9.17, 15) is 14.0 Å². The van der Waals surface area contributed by atoms with Crippen molar-refractivity contribution in [2.24, 2.45) is 0 Å². The Hall–Kier alpha value is -3.62. The summed E-state index contributed by atoms with van der Waals surface area (Å²) in [6.45, 7) is 3.35. The fourth-order valence-electron chi connectivity index (χ4n) is 5.31. The molecule has 0 aliphatic carbocycles. The zero-order chi connectivity index (χ0) is 27.8. The molecule has 4 aromatic rings. The van der Waals surface area contributed by atoms with Gasteiger partial charge in [0.15, 0.2) is 0 Å². The average Bonchev–Trinajstić information content (AvgIpc) is 3.60. The molecule has 1 saturated heterocycles. The van der Waals surface area contributed by atoms with Gasteiger partial charge in [-0.15, -0.1) is 11.8 Å². The molecule has 1 fully saturated rings. The van der Waals surface area contributed by atoms with Crippen LogP contribution in [0.4, 0.5) is 10.2 Å². The highest BCUT2D eigenvalue weighted by Crippen LogP contribution is 2.48. The van der Waals surface area contributed by atoms with Gasteiger partial charge in [-0.2, -0.15) is 5.10 Å². The van der Waals surface area contributed by atoms with Gasteiger partial charge in [0.05, 0.1) is 22.4 Å². The normalized spacial score (nSPS) is 17.2. The zero-order valence-corrected chi connectivity index (χ0v) is 23.6. The average molecular weight is 575 g/mol. The van der Waals surface area contributed by atoms with Gasteiger partial charge in [0, 0.05) is 29.2 Å². The molecule has 0 N–H and O–H groups in total. The van der Waals surface area contributed by atoms with E-state index in [2.05, 4.69) is 0 Å². The standard InChI is InChI=1S/C31H28ClFN4O2S/c1-20-4-14-25(15-5-20)37-31-28(29(34-37)21-6-10-23(32)11-7-21)30(22-8-12-24(33)13-9-22)40-19-27(39)36(31)18-26(38)35-16-2-3-17-35/h4-15,30H,2-3,16-19H2,1H3/t30-/m1/s1. The van der Waals surface area contributed by atoms with E-state index in [0.29, 0.717) is 29.6 Å². The molecule has 3 aromatic carbocycles. The highest BCUT2D eigenvalue weighted by atomic mass is 35.5. The number of aryl methyl sites for hydroxylation is 1. The smallest absolute Gasteiger partial charge is 0.242 e. The van der Waals surface area contributed by atoms with Gasteiger partial charge in [-0.3, -0.25) is 14.5 Å². The molecule has 0 spiro atoms. The Bertz CT molecular complexity index is 1550. The van der Waals surface area contributed by atoms with Gasteiger partial charge in [-0.05, 0) is 61.7 Å². The predicted octanol–water partition coefficient (Wildman–Crippen LogP) is 6.43. The lowest BCUT2D eigenvalue weighted by atomic mass is 9.99. The number of anilines is 1. The fourth-order valence-corrected chi connectivity index (χ4v) is 6.63. The van der Waals surface area contributed by atoms with Crippen LogP contribution in [0.5, 0.6) is 0 Å². The van der Waals surface area contributed by atoms with Crippen LogP contribution in [0, 0.1) is 12.7 Å². The molecule has 0 unspecified atom stereocenters. The predicted molar refractivity (Wildman–Crippen MR) is 158 cm³/mol. The van der Waals surface area contributed by atoms with Crippen molar-refractivity contribution in [3.63, 3.8) is 0 Å². The molecule has 2 aliphatic rings. The Morgan fingerprint density at radius 1 is 1.00 bits per heavy atom. The number of thioether (sulfide) groups is 1. The summed E-state index contributed by atoms with van der Waals surface area (Å²) in [6, 6.07) is 21.7. The van der Waals surface area contributed by atoms with Crippen LogP contribution < -0.4 is 4.90 Å². The second-order valence-corrected chi connectivity index (χ2v) is 11.7. The molecular weight excluding hydrogens is 547 g/mol. The molecule has 0 bridgehead atoms. The molecule has 6 nitrogen and oxygen atoms in total. The monoisotopic (exact) mass is 574 g/mol. The molecule has 204 valence electrons. The molecule has 0 radical (unpaired) electrons. The summed E-state index contributed by atoms with van der Waals surface area (Å²) in [5.41, 5.74) is 5.04. The molecule has 0 saturated carbocycles. The third kappa shape index (κ3) is 5.13. The van der Waals surface area contributed by atoms with E-state index in [4.69, 9.17) is 16.7 Å². The number of hydrogen-bond acceptors (Lipinski definition) is 4. The number of rotatable bonds is 5. The molecule has 1 aromatic heterocycles. The first-order valence-corrected chi connectivity index (χ1v) is 14.7. The number of aromatic nitrogens is 2. The third-order valence-electron chi connectivity index (χ3n) is 7.41. The van der Waals surface area contributed by atoms with Crippen molar-refractivity contribution in [1.29, 1.82) is 0 Å². The van der Waals surface area contributed by atoms with E-state index < -0.39 is 0 Å². The van der Waals surface area contributed by atoms with E-state index in [1.54, 1.807) is 21.7 Å². The van der Waals surface area contributed by atoms with Crippen molar-refractivity contribution in [3.05, 3.63) is 100 Å². The summed E-state index contributed by atoms with van der Waals surface area (Å²) >= 11 is 7.69. The number of amides is 2. The lowest BCUT2D eigenvalue weighted by Gasteiger charge is -2.25. The number of fused-ring (bicyclic) bond motifs is 1. The summed E-state index contributed by atoms with van der Waals surface area (Å²) in [5.74, 6) is 0.152. The van der Waals surface area contributed by atoms with Crippen molar-refractivity contribution in [3.8, 4) is 16.9 Å². The van der Waals surface area contributed by atoms with Crippen LogP contribution in [-0.2, 0) is 9.59 Å². The van der Waals surface area contributed by atoms with E-state index in [-0.39, 0.29) is 35.2 Å². The van der Waals surface area contributed by atoms with Crippen LogP contribution in [0.1, 0.15) is 34.8 Å². The van der Waals surface area contributed by atoms with Crippen molar-refractivity contribution in [1.82, 2.24) is 14.7 Å². The van der Waals surface area contributed by atoms with E-state index in [0.717, 1.165) is 40.8 Å². The van der Waals surface area contributed by atoms with Crippen LogP contribution in [0.25, 0.3) is 16.9 Å². The van der Waals surface area contributed by atoms with E-state index in [1.807, 2.05) is 60.4 Å². The molecule has 3 heterocycles. The maximum absolute atomic E-state index is 13.9. The maximum Gasteiger partial charge on any atom is 0.242 e. The summed E-state index contributed by atoms with van der Waals surface area (Å²) in [7, 11) is 0. The van der Waals surface area contributed by atoms with Crippen LogP contribution in [0.3, 0.4) is 0 Å². The number of carbonyl (C=O) groups is 2. The fraction of sp³-hybridized carbons (Fsp3) is 0.258. The summed E-state index contributed by atoms with van der Waals surface area (Å²) in [5, 5.41) is 5.36. The van der Waals surface area contributed by atoms with Crippen molar-refractivity contribution in [2.75, 3.05) is 30.3 Å². The number of nitrogens with zero attached hydrogens (tertiary/aromatic N) is 4. The van der Waals surface area contributed by atoms with Gasteiger partial charge in [-0.25, -0.2) is 9.07 Å². The summed E-state index contributed by atoms with van der Waals surface area (Å²) < 4.78 is 15.7. The second-order valence-electron chi connectivity index (χ2n) is 10.2. The lowest BCUT2D eigenvalue weighted by molar-refractivity contribution is -0.130. The number of benzene rings is 3. The number of likely N-dealkylation sites (tertiary alicyclic amines) is 1. The SMILES string of the molecule is Cc1ccc(-n2nc(-c3ccc(Cl)cc3)c3c2N(CC(=O)N2CCCC2)C(=O)CS[C@@H]3c2ccc(F)cc2)cc1. The highest BCUT2D eigenvalue weighted by molar-refractivity contribution is 8.00.